The number of thiazole rings is 1. The van der Waals surface area contributed by atoms with Crippen molar-refractivity contribution in [1.29, 1.82) is 0 Å². The average Bonchev–Trinajstić information content (AvgIpc) is 3.16. The van der Waals surface area contributed by atoms with Crippen molar-refractivity contribution in [3.63, 3.8) is 0 Å². The highest BCUT2D eigenvalue weighted by Crippen LogP contribution is 2.26. The highest BCUT2D eigenvalue weighted by atomic mass is 32.1. The summed E-state index contributed by atoms with van der Waals surface area (Å²) in [5.41, 5.74) is 1.77. The van der Waals surface area contributed by atoms with E-state index in [4.69, 9.17) is 4.74 Å². The molecule has 2 aromatic heterocycles. The van der Waals surface area contributed by atoms with E-state index in [2.05, 4.69) is 29.2 Å². The van der Waals surface area contributed by atoms with Gasteiger partial charge in [-0.05, 0) is 32.9 Å². The first-order valence-corrected chi connectivity index (χ1v) is 10.0. The number of aryl methyl sites for hydroxylation is 1. The number of nitrogens with one attached hydrogen (secondary N) is 2. The molecular weight excluding hydrogens is 362 g/mol. The van der Waals surface area contributed by atoms with Crippen LogP contribution in [0.3, 0.4) is 0 Å². The van der Waals surface area contributed by atoms with Crippen LogP contribution in [0.2, 0.25) is 0 Å². The van der Waals surface area contributed by atoms with Crippen LogP contribution in [-0.4, -0.2) is 52.5 Å². The Morgan fingerprint density at radius 3 is 2.81 bits per heavy atom. The van der Waals surface area contributed by atoms with Crippen LogP contribution in [0.4, 0.5) is 5.82 Å². The summed E-state index contributed by atoms with van der Waals surface area (Å²) in [7, 11) is 0. The van der Waals surface area contributed by atoms with Crippen molar-refractivity contribution < 1.29 is 14.4 Å². The van der Waals surface area contributed by atoms with E-state index >= 15 is 0 Å². The zero-order chi connectivity index (χ0) is 19.0. The van der Waals surface area contributed by atoms with Gasteiger partial charge in [0.1, 0.15) is 31.1 Å². The van der Waals surface area contributed by atoms with Gasteiger partial charge in [0.15, 0.2) is 6.54 Å². The number of hydrogen-bond donors (Lipinski definition) is 2. The first kappa shape index (κ1) is 18.1. The third-order valence-electron chi connectivity index (χ3n) is 4.59. The summed E-state index contributed by atoms with van der Waals surface area (Å²) < 4.78 is 8.57. The summed E-state index contributed by atoms with van der Waals surface area (Å²) in [6, 6.07) is 9.86. The maximum absolute atomic E-state index is 12.6. The molecule has 0 aliphatic carbocycles. The van der Waals surface area contributed by atoms with E-state index in [9.17, 15) is 4.79 Å². The van der Waals surface area contributed by atoms with Gasteiger partial charge in [-0.2, -0.15) is 9.78 Å². The number of carbonyl (C=O) groups is 1. The number of anilines is 1. The largest absolute Gasteiger partial charge is 0.364 e. The summed E-state index contributed by atoms with van der Waals surface area (Å²) in [5, 5.41) is 8.29. The molecule has 1 amide bonds. The van der Waals surface area contributed by atoms with Crippen LogP contribution in [0.1, 0.15) is 19.5 Å². The molecule has 1 aromatic carbocycles. The van der Waals surface area contributed by atoms with Crippen LogP contribution in [0.25, 0.3) is 15.3 Å². The van der Waals surface area contributed by atoms with Gasteiger partial charge in [0.25, 0.3) is 5.91 Å². The Morgan fingerprint density at radius 1 is 1.33 bits per heavy atom. The number of benzene rings is 1. The third kappa shape index (κ3) is 4.02. The van der Waals surface area contributed by atoms with Gasteiger partial charge in [-0.1, -0.05) is 23.5 Å². The molecule has 27 heavy (non-hydrogen) atoms. The van der Waals surface area contributed by atoms with E-state index in [-0.39, 0.29) is 18.1 Å². The number of nitrogens with zero attached hydrogens (tertiary/aromatic N) is 3. The van der Waals surface area contributed by atoms with Gasteiger partial charge < -0.3 is 15.0 Å². The summed E-state index contributed by atoms with van der Waals surface area (Å²) in [6.07, 6.45) is 0.346. The number of para-hydroxylation sites is 1. The number of aromatic nitrogens is 3. The summed E-state index contributed by atoms with van der Waals surface area (Å²) >= 11 is 1.56. The topological polar surface area (TPSA) is 73.5 Å². The van der Waals surface area contributed by atoms with Crippen molar-refractivity contribution >= 4 is 33.3 Å². The summed E-state index contributed by atoms with van der Waals surface area (Å²) in [4.78, 5) is 18.5. The van der Waals surface area contributed by atoms with Gasteiger partial charge in [-0.15, -0.1) is 0 Å². The second kappa shape index (κ2) is 7.38. The number of fused-ring (bicyclic) bond motifs is 1. The summed E-state index contributed by atoms with van der Waals surface area (Å²) in [6.45, 7) is 8.12. The number of hydrogen-bond acceptors (Lipinski definition) is 5. The van der Waals surface area contributed by atoms with E-state index < -0.39 is 0 Å². The van der Waals surface area contributed by atoms with Gasteiger partial charge in [-0.3, -0.25) is 4.79 Å². The molecule has 0 spiro atoms. The highest BCUT2D eigenvalue weighted by molar-refractivity contribution is 7.20. The van der Waals surface area contributed by atoms with E-state index in [1.54, 1.807) is 16.0 Å². The molecule has 4 rings (SSSR count). The third-order valence-corrected chi connectivity index (χ3v) is 5.60. The Balaban J connectivity index is 1.52. The molecular formula is C19H24N5O2S+. The standard InChI is InChI=1S/C19H23N5O2S/c1-12-8-17(21-18(25)11-23-9-13(2)26-14(3)10-23)24(22-12)19-20-15-6-4-5-7-16(15)27-19/h4-8,13-14H,9-11H2,1-3H3,(H,21,25)/p+1/t13-,14-/m0/s1. The van der Waals surface area contributed by atoms with Gasteiger partial charge in [-0.25, -0.2) is 4.98 Å². The molecule has 0 bridgehead atoms. The van der Waals surface area contributed by atoms with Crippen molar-refractivity contribution in [2.24, 2.45) is 0 Å². The minimum absolute atomic E-state index is 0.0199. The van der Waals surface area contributed by atoms with Crippen molar-refractivity contribution in [2.45, 2.75) is 33.0 Å². The molecule has 0 saturated carbocycles. The molecule has 1 fully saturated rings. The van der Waals surface area contributed by atoms with E-state index in [1.165, 1.54) is 4.90 Å². The molecule has 1 saturated heterocycles. The van der Waals surface area contributed by atoms with Gasteiger partial charge >= 0.3 is 0 Å². The molecule has 2 N–H and O–H groups in total. The normalized spacial score (nSPS) is 22.9. The lowest BCUT2D eigenvalue weighted by atomic mass is 10.2. The quantitative estimate of drug-likeness (QED) is 0.711. The summed E-state index contributed by atoms with van der Waals surface area (Å²) in [5.74, 6) is 0.638. The van der Waals surface area contributed by atoms with Crippen molar-refractivity contribution in [1.82, 2.24) is 14.8 Å². The first-order chi connectivity index (χ1) is 13.0. The predicted octanol–water partition coefficient (Wildman–Crippen LogP) is 1.42. The molecule has 0 unspecified atom stereocenters. The molecule has 3 aromatic rings. The lowest BCUT2D eigenvalue weighted by Crippen LogP contribution is -3.16. The minimum atomic E-state index is -0.0199. The molecule has 1 aliphatic heterocycles. The first-order valence-electron chi connectivity index (χ1n) is 9.19. The fraction of sp³-hybridized carbons (Fsp3) is 0.421. The van der Waals surface area contributed by atoms with E-state index in [0.29, 0.717) is 12.4 Å². The maximum Gasteiger partial charge on any atom is 0.280 e. The van der Waals surface area contributed by atoms with Crippen LogP contribution in [-0.2, 0) is 9.53 Å². The molecule has 7 nitrogen and oxygen atoms in total. The Kier molecular flexibility index (Phi) is 4.94. The lowest BCUT2D eigenvalue weighted by molar-refractivity contribution is -0.907. The number of carbonyl (C=O) groups excluding carboxylic acids is 1. The zero-order valence-electron chi connectivity index (χ0n) is 15.7. The monoisotopic (exact) mass is 386 g/mol. The number of ether oxygens (including phenoxy) is 1. The van der Waals surface area contributed by atoms with Gasteiger partial charge in [0, 0.05) is 6.07 Å². The Bertz CT molecular complexity index is 923. The fourth-order valence-electron chi connectivity index (χ4n) is 3.63. The minimum Gasteiger partial charge on any atom is -0.364 e. The van der Waals surface area contributed by atoms with E-state index in [1.807, 2.05) is 37.3 Å². The predicted molar refractivity (Wildman–Crippen MR) is 106 cm³/mol. The highest BCUT2D eigenvalue weighted by Gasteiger charge is 2.27. The Labute approximate surface area is 162 Å². The van der Waals surface area contributed by atoms with Crippen molar-refractivity contribution in [2.75, 3.05) is 25.0 Å². The lowest BCUT2D eigenvalue weighted by Gasteiger charge is -2.31. The molecule has 142 valence electrons. The number of amides is 1. The fourth-order valence-corrected chi connectivity index (χ4v) is 4.56. The van der Waals surface area contributed by atoms with Crippen LogP contribution in [0.5, 0.6) is 0 Å². The molecule has 3 heterocycles. The smallest absolute Gasteiger partial charge is 0.280 e. The number of rotatable bonds is 4. The molecule has 1 aliphatic rings. The molecule has 8 heteroatoms. The van der Waals surface area contributed by atoms with Crippen molar-refractivity contribution in [3.8, 4) is 5.13 Å². The second-order valence-electron chi connectivity index (χ2n) is 7.19. The maximum atomic E-state index is 12.6. The molecule has 0 radical (unpaired) electrons. The Morgan fingerprint density at radius 2 is 2.07 bits per heavy atom. The number of quaternary nitrogens is 1. The van der Waals surface area contributed by atoms with E-state index in [0.717, 1.165) is 34.1 Å². The van der Waals surface area contributed by atoms with Crippen LogP contribution in [0, 0.1) is 6.92 Å². The average molecular weight is 387 g/mol. The second-order valence-corrected chi connectivity index (χ2v) is 8.20. The van der Waals surface area contributed by atoms with Crippen molar-refractivity contribution in [3.05, 3.63) is 36.0 Å². The molecule has 2 atom stereocenters. The zero-order valence-corrected chi connectivity index (χ0v) is 16.5. The number of morpholine rings is 1. The Hall–Kier alpha value is -2.29. The van der Waals surface area contributed by atoms with Crippen LogP contribution < -0.4 is 10.2 Å². The van der Waals surface area contributed by atoms with Gasteiger partial charge in [0.2, 0.25) is 5.13 Å². The van der Waals surface area contributed by atoms with Crippen LogP contribution in [0.15, 0.2) is 30.3 Å². The van der Waals surface area contributed by atoms with Crippen LogP contribution >= 0.6 is 11.3 Å². The SMILES string of the molecule is Cc1cc(NC(=O)C[NH+]2C[C@H](C)O[C@@H](C)C2)n(-c2nc3ccccc3s2)n1. The van der Waals surface area contributed by atoms with Gasteiger partial charge in [0.05, 0.1) is 15.9 Å².